The Kier molecular flexibility index (Phi) is 29.0. The fourth-order valence-electron chi connectivity index (χ4n) is 1.74. The lowest BCUT2D eigenvalue weighted by atomic mass is 10.0. The van der Waals surface area contributed by atoms with Crippen LogP contribution in [0.4, 0.5) is 0 Å². The lowest BCUT2D eigenvalue weighted by molar-refractivity contribution is 1.09. The van der Waals surface area contributed by atoms with Crippen LogP contribution in [-0.4, -0.2) is 0 Å². The molecule has 2 rings (SSSR count). The highest BCUT2D eigenvalue weighted by Gasteiger charge is 1.95. The monoisotopic (exact) mass is 413 g/mol. The zero-order valence-corrected chi connectivity index (χ0v) is 22.2. The highest BCUT2D eigenvalue weighted by molar-refractivity contribution is 5.35. The quantitative estimate of drug-likeness (QED) is 0.428. The van der Waals surface area contributed by atoms with Crippen molar-refractivity contribution >= 4 is 0 Å². The van der Waals surface area contributed by atoms with Crippen molar-refractivity contribution < 1.29 is 0 Å². The van der Waals surface area contributed by atoms with Crippen molar-refractivity contribution in [3.05, 3.63) is 94.7 Å². The van der Waals surface area contributed by atoms with Crippen LogP contribution >= 0.6 is 0 Å². The Morgan fingerprint density at radius 2 is 0.867 bits per heavy atom. The Hall–Kier alpha value is -2.28. The smallest absolute Gasteiger partial charge is 0.0136 e. The van der Waals surface area contributed by atoms with Crippen molar-refractivity contribution in [3.8, 4) is 0 Å². The van der Waals surface area contributed by atoms with Crippen molar-refractivity contribution in [1.82, 2.24) is 0 Å². The molecule has 0 saturated carbocycles. The molecular formula is C29H51N. The van der Waals surface area contributed by atoms with Gasteiger partial charge in [-0.15, -0.1) is 6.58 Å². The van der Waals surface area contributed by atoms with Crippen LogP contribution in [-0.2, 0) is 0 Å². The zero-order valence-electron chi connectivity index (χ0n) is 22.2. The first-order valence-corrected chi connectivity index (χ1v) is 11.0. The first-order chi connectivity index (χ1) is 14.0. The molecule has 0 aromatic heterocycles. The molecule has 1 heteroatoms. The molecular weight excluding hydrogens is 362 g/mol. The summed E-state index contributed by atoms with van der Waals surface area (Å²) in [5, 5.41) is 0. The summed E-state index contributed by atoms with van der Waals surface area (Å²) in [6, 6.07) is 13.0. The molecule has 0 atom stereocenters. The van der Waals surface area contributed by atoms with Crippen molar-refractivity contribution in [2.24, 2.45) is 5.73 Å². The fourth-order valence-corrected chi connectivity index (χ4v) is 1.74. The Labute approximate surface area is 190 Å². The van der Waals surface area contributed by atoms with Gasteiger partial charge in [-0.25, -0.2) is 0 Å². The molecule has 0 amide bonds. The van der Waals surface area contributed by atoms with E-state index in [9.17, 15) is 0 Å². The number of allylic oxidation sites excluding steroid dienone is 1. The first kappa shape index (κ1) is 35.2. The van der Waals surface area contributed by atoms with Crippen LogP contribution in [0.15, 0.2) is 61.3 Å². The number of hydrogen-bond acceptors (Lipinski definition) is 1. The van der Waals surface area contributed by atoms with Gasteiger partial charge in [0.2, 0.25) is 0 Å². The average Bonchev–Trinajstić information content (AvgIpc) is 2.66. The van der Waals surface area contributed by atoms with Crippen molar-refractivity contribution in [2.45, 2.75) is 89.5 Å². The van der Waals surface area contributed by atoms with E-state index in [1.54, 1.807) is 0 Å². The van der Waals surface area contributed by atoms with Crippen molar-refractivity contribution in [2.75, 3.05) is 0 Å². The summed E-state index contributed by atoms with van der Waals surface area (Å²) in [5.41, 5.74) is 14.0. The molecule has 0 aliphatic rings. The number of nitrogens with two attached hydrogens (primary N) is 1. The highest BCUT2D eigenvalue weighted by Crippen LogP contribution is 2.13. The molecule has 0 unspecified atom stereocenters. The van der Waals surface area contributed by atoms with Crippen LogP contribution in [0, 0.1) is 41.5 Å². The summed E-state index contributed by atoms with van der Waals surface area (Å²) < 4.78 is 0. The molecule has 0 radical (unpaired) electrons. The minimum atomic E-state index is 1.17. The number of aryl methyl sites for hydroxylation is 6. The lowest BCUT2D eigenvalue weighted by Gasteiger charge is -2.04. The molecule has 2 N–H and O–H groups in total. The standard InChI is InChI=1S/C10H14.C8H10.C4H8.C3H8.C2H5N.C2H6/c1-7-5-9(3)10(4)6-8(7)2;1-7-3-5-8(2)6-4-7;1-4(2)3;1-3-2;1-2-3;1-2/h5-6H,1-4H3;3-6H,1-2H3;1H2,2-3H3;3H2,1-2H3;2H,1,3H2;1-2H3. The second-order valence-electron chi connectivity index (χ2n) is 7.33. The summed E-state index contributed by atoms with van der Waals surface area (Å²) in [7, 11) is 0. The molecule has 2 aromatic rings. The van der Waals surface area contributed by atoms with Crippen LogP contribution in [0.25, 0.3) is 0 Å². The lowest BCUT2D eigenvalue weighted by Crippen LogP contribution is -1.86. The first-order valence-electron chi connectivity index (χ1n) is 11.0. The Bertz CT molecular complexity index is 574. The van der Waals surface area contributed by atoms with E-state index in [1.807, 2.05) is 27.7 Å². The van der Waals surface area contributed by atoms with Gasteiger partial charge in [0, 0.05) is 0 Å². The minimum absolute atomic E-state index is 1.17. The number of benzene rings is 2. The molecule has 0 saturated heterocycles. The SMILES string of the molecule is C=C(C)C.C=CN.CC.CCC.Cc1cc(C)c(C)cc1C.Cc1ccc(C)cc1. The van der Waals surface area contributed by atoms with Crippen molar-refractivity contribution in [1.29, 1.82) is 0 Å². The molecule has 172 valence electrons. The average molecular weight is 414 g/mol. The topological polar surface area (TPSA) is 26.0 Å². The predicted molar refractivity (Wildman–Crippen MR) is 143 cm³/mol. The van der Waals surface area contributed by atoms with Gasteiger partial charge in [-0.2, -0.15) is 0 Å². The third-order valence-corrected chi connectivity index (χ3v) is 3.33. The Morgan fingerprint density at radius 3 is 1.00 bits per heavy atom. The van der Waals surface area contributed by atoms with Gasteiger partial charge in [-0.05, 0) is 83.8 Å². The van der Waals surface area contributed by atoms with E-state index in [4.69, 9.17) is 0 Å². The predicted octanol–water partition coefficient (Wildman–Crippen LogP) is 9.34. The fraction of sp³-hybridized carbons (Fsp3) is 0.448. The molecule has 0 spiro atoms. The van der Waals surface area contributed by atoms with E-state index in [-0.39, 0.29) is 0 Å². The number of rotatable bonds is 0. The molecule has 0 heterocycles. The second kappa shape index (κ2) is 24.8. The molecule has 30 heavy (non-hydrogen) atoms. The van der Waals surface area contributed by atoms with Crippen LogP contribution in [0.1, 0.15) is 81.3 Å². The maximum absolute atomic E-state index is 4.61. The van der Waals surface area contributed by atoms with Crippen LogP contribution < -0.4 is 5.73 Å². The third kappa shape index (κ3) is 27.9. The largest absolute Gasteiger partial charge is 0.405 e. The summed E-state index contributed by atoms with van der Waals surface area (Å²) in [6.45, 7) is 31.7. The van der Waals surface area contributed by atoms with Gasteiger partial charge in [0.05, 0.1) is 0 Å². The van der Waals surface area contributed by atoms with Crippen molar-refractivity contribution in [3.63, 3.8) is 0 Å². The third-order valence-electron chi connectivity index (χ3n) is 3.33. The molecule has 0 bridgehead atoms. The highest BCUT2D eigenvalue weighted by atomic mass is 14.5. The van der Waals surface area contributed by atoms with E-state index in [0.29, 0.717) is 0 Å². The van der Waals surface area contributed by atoms with Gasteiger partial charge >= 0.3 is 0 Å². The van der Waals surface area contributed by atoms with E-state index in [2.05, 4.69) is 111 Å². The summed E-state index contributed by atoms with van der Waals surface area (Å²) in [4.78, 5) is 0. The molecule has 0 fully saturated rings. The van der Waals surface area contributed by atoms with E-state index >= 15 is 0 Å². The van der Waals surface area contributed by atoms with Gasteiger partial charge in [0.1, 0.15) is 0 Å². The van der Waals surface area contributed by atoms with Gasteiger partial charge in [-0.3, -0.25) is 0 Å². The summed E-state index contributed by atoms with van der Waals surface area (Å²) >= 11 is 0. The molecule has 2 aromatic carbocycles. The second-order valence-corrected chi connectivity index (χ2v) is 7.33. The molecule has 1 nitrogen and oxygen atoms in total. The van der Waals surface area contributed by atoms with Crippen LogP contribution in [0.3, 0.4) is 0 Å². The van der Waals surface area contributed by atoms with Crippen LogP contribution in [0.2, 0.25) is 0 Å². The van der Waals surface area contributed by atoms with Gasteiger partial charge in [-0.1, -0.05) is 93.8 Å². The maximum Gasteiger partial charge on any atom is -0.0136 e. The van der Waals surface area contributed by atoms with Gasteiger partial charge in [0.25, 0.3) is 0 Å². The van der Waals surface area contributed by atoms with E-state index in [1.165, 1.54) is 51.6 Å². The Balaban J connectivity index is -0.000000151. The van der Waals surface area contributed by atoms with E-state index < -0.39 is 0 Å². The minimum Gasteiger partial charge on any atom is -0.405 e. The van der Waals surface area contributed by atoms with Gasteiger partial charge in [0.15, 0.2) is 0 Å². The van der Waals surface area contributed by atoms with E-state index in [0.717, 1.165) is 0 Å². The number of hydrogen-bond donors (Lipinski definition) is 1. The zero-order chi connectivity index (χ0) is 24.7. The molecule has 0 aliphatic heterocycles. The van der Waals surface area contributed by atoms with Gasteiger partial charge < -0.3 is 5.73 Å². The Morgan fingerprint density at radius 1 is 0.733 bits per heavy atom. The maximum atomic E-state index is 4.61. The normalized spacial score (nSPS) is 7.87. The van der Waals surface area contributed by atoms with Crippen LogP contribution in [0.5, 0.6) is 0 Å². The molecule has 0 aliphatic carbocycles. The summed E-state index contributed by atoms with van der Waals surface area (Å²) in [5.74, 6) is 0. The summed E-state index contributed by atoms with van der Waals surface area (Å²) in [6.07, 6.45) is 2.50.